The van der Waals surface area contributed by atoms with Crippen LogP contribution in [0.2, 0.25) is 0 Å². The lowest BCUT2D eigenvalue weighted by atomic mass is 9.88. The maximum Gasteiger partial charge on any atom is 0.224 e. The van der Waals surface area contributed by atoms with Crippen LogP contribution in [-0.4, -0.2) is 18.0 Å². The van der Waals surface area contributed by atoms with Crippen molar-refractivity contribution in [3.63, 3.8) is 0 Å². The highest BCUT2D eigenvalue weighted by Crippen LogP contribution is 2.38. The van der Waals surface area contributed by atoms with E-state index < -0.39 is 0 Å². The van der Waals surface area contributed by atoms with Crippen molar-refractivity contribution in [1.82, 2.24) is 5.32 Å². The van der Waals surface area contributed by atoms with Crippen LogP contribution in [0, 0.1) is 17.2 Å². The fourth-order valence-electron chi connectivity index (χ4n) is 3.79. The van der Waals surface area contributed by atoms with Gasteiger partial charge in [-0.15, -0.1) is 0 Å². The van der Waals surface area contributed by atoms with Gasteiger partial charge in [0.05, 0.1) is 11.6 Å². The molecule has 0 saturated carbocycles. The van der Waals surface area contributed by atoms with Gasteiger partial charge in [0.2, 0.25) is 5.91 Å². The van der Waals surface area contributed by atoms with Crippen LogP contribution in [0.1, 0.15) is 44.4 Å². The molecule has 0 radical (unpaired) electrons. The average molecular weight is 356 g/mol. The van der Waals surface area contributed by atoms with Gasteiger partial charge in [-0.3, -0.25) is 4.79 Å². The summed E-state index contributed by atoms with van der Waals surface area (Å²) in [5.41, 5.74) is 2.51. The number of fused-ring (bicyclic) bond motifs is 1. The number of allylic oxidation sites excluding steroid dienone is 2. The molecule has 0 saturated heterocycles. The number of amides is 1. The van der Waals surface area contributed by atoms with Gasteiger partial charge in [-0.05, 0) is 49.1 Å². The topological polar surface area (TPSA) is 56.1 Å². The molecule has 2 aliphatic rings. The third-order valence-corrected chi connectivity index (χ3v) is 5.25. The van der Waals surface area contributed by atoms with Crippen molar-refractivity contribution in [2.24, 2.45) is 5.92 Å². The number of carbonyl (C=O) groups is 1. The van der Waals surface area contributed by atoms with E-state index in [1.807, 2.05) is 29.2 Å². The van der Waals surface area contributed by atoms with Gasteiger partial charge in [-0.2, -0.15) is 5.26 Å². The van der Waals surface area contributed by atoms with Crippen LogP contribution in [0.25, 0.3) is 0 Å². The zero-order chi connectivity index (χ0) is 18.1. The fourth-order valence-corrected chi connectivity index (χ4v) is 4.06. The highest BCUT2D eigenvalue weighted by Gasteiger charge is 2.34. The Hall–Kier alpha value is -2.09. The van der Waals surface area contributed by atoms with Gasteiger partial charge in [-0.25, -0.2) is 0 Å². The summed E-state index contributed by atoms with van der Waals surface area (Å²) in [6, 6.07) is 8.10. The molecule has 1 heterocycles. The van der Waals surface area contributed by atoms with Crippen LogP contribution < -0.4 is 10.2 Å². The number of benzene rings is 1. The van der Waals surface area contributed by atoms with Crippen molar-refractivity contribution in [2.45, 2.75) is 45.3 Å². The van der Waals surface area contributed by atoms with E-state index in [1.165, 1.54) is 0 Å². The average Bonchev–Trinajstić information content (AvgIpc) is 2.56. The van der Waals surface area contributed by atoms with E-state index in [9.17, 15) is 10.1 Å². The summed E-state index contributed by atoms with van der Waals surface area (Å²) in [5, 5.41) is 13.7. The quantitative estimate of drug-likeness (QED) is 0.871. The minimum absolute atomic E-state index is 0.0255. The number of anilines is 1. The molecule has 5 heteroatoms. The summed E-state index contributed by atoms with van der Waals surface area (Å²) in [7, 11) is 0. The van der Waals surface area contributed by atoms with Crippen LogP contribution in [-0.2, 0) is 4.79 Å². The summed E-state index contributed by atoms with van der Waals surface area (Å²) in [6.07, 6.45) is 6.85. The number of hydrogen-bond acceptors (Lipinski definition) is 3. The van der Waals surface area contributed by atoms with Crippen molar-refractivity contribution in [1.29, 1.82) is 5.26 Å². The van der Waals surface area contributed by atoms with Gasteiger partial charge in [0.15, 0.2) is 0 Å². The fraction of sp³-hybridized carbons (Fsp3) is 0.400. The molecule has 1 aromatic carbocycles. The number of nitrogens with zero attached hydrogens (tertiary/aromatic N) is 2. The molecule has 0 bridgehead atoms. The first-order chi connectivity index (χ1) is 11.9. The van der Waals surface area contributed by atoms with Crippen LogP contribution in [0.3, 0.4) is 0 Å². The van der Waals surface area contributed by atoms with E-state index in [0.717, 1.165) is 22.7 Å². The lowest BCUT2D eigenvalue weighted by Crippen LogP contribution is -2.47. The number of rotatable bonds is 2. The third kappa shape index (κ3) is 3.49. The molecule has 0 aromatic heterocycles. The highest BCUT2D eigenvalue weighted by atomic mass is 35.5. The molecule has 4 atom stereocenters. The van der Waals surface area contributed by atoms with Crippen molar-refractivity contribution in [3.05, 3.63) is 52.6 Å². The second-order valence-electron chi connectivity index (χ2n) is 6.87. The molecular weight excluding hydrogens is 334 g/mol. The molecule has 0 spiro atoms. The van der Waals surface area contributed by atoms with Gasteiger partial charge >= 0.3 is 0 Å². The Morgan fingerprint density at radius 1 is 1.40 bits per heavy atom. The molecule has 1 aliphatic carbocycles. The normalized spacial score (nSPS) is 28.1. The summed E-state index contributed by atoms with van der Waals surface area (Å²) in [4.78, 5) is 13.9. The molecule has 3 rings (SSSR count). The van der Waals surface area contributed by atoms with E-state index in [-0.39, 0.29) is 30.0 Å². The molecule has 4 nitrogen and oxygen atoms in total. The van der Waals surface area contributed by atoms with Gasteiger partial charge < -0.3 is 10.2 Å². The van der Waals surface area contributed by atoms with Crippen molar-refractivity contribution in [2.75, 3.05) is 4.90 Å². The van der Waals surface area contributed by atoms with Crippen molar-refractivity contribution >= 4 is 23.2 Å². The predicted octanol–water partition coefficient (Wildman–Crippen LogP) is 4.03. The van der Waals surface area contributed by atoms with Crippen molar-refractivity contribution in [3.8, 4) is 6.07 Å². The highest BCUT2D eigenvalue weighted by molar-refractivity contribution is 6.31. The predicted molar refractivity (Wildman–Crippen MR) is 100 cm³/mol. The number of halogens is 1. The second-order valence-corrected chi connectivity index (χ2v) is 7.31. The molecule has 130 valence electrons. The largest absolute Gasteiger partial charge is 0.309 e. The SMILES string of the molecule is CC(=O)N1c2ccc(C#N)cc2C(NC2C=CC(Cl)=C[C@H]2C)CC1C. The third-order valence-electron chi connectivity index (χ3n) is 4.99. The number of hydrogen-bond donors (Lipinski definition) is 1. The number of nitrogens with one attached hydrogen (secondary N) is 1. The Bertz CT molecular complexity index is 793. The monoisotopic (exact) mass is 355 g/mol. The maximum atomic E-state index is 12.1. The zero-order valence-corrected chi connectivity index (χ0v) is 15.4. The summed E-state index contributed by atoms with van der Waals surface area (Å²) in [5.74, 6) is 0.304. The molecular formula is C20H22ClN3O. The first kappa shape index (κ1) is 17.7. The van der Waals surface area contributed by atoms with Crippen molar-refractivity contribution < 1.29 is 4.79 Å². The summed E-state index contributed by atoms with van der Waals surface area (Å²) >= 11 is 6.08. The molecule has 1 aromatic rings. The first-order valence-corrected chi connectivity index (χ1v) is 8.94. The second kappa shape index (κ2) is 7.03. The molecule has 1 amide bonds. The van der Waals surface area contributed by atoms with E-state index >= 15 is 0 Å². The van der Waals surface area contributed by atoms with Crippen LogP contribution in [0.4, 0.5) is 5.69 Å². The van der Waals surface area contributed by atoms with E-state index in [1.54, 1.807) is 13.0 Å². The minimum atomic E-state index is 0.0255. The number of carbonyl (C=O) groups excluding carboxylic acids is 1. The lowest BCUT2D eigenvalue weighted by molar-refractivity contribution is -0.117. The number of nitriles is 1. The molecule has 1 aliphatic heterocycles. The van der Waals surface area contributed by atoms with Gasteiger partial charge in [0.1, 0.15) is 0 Å². The van der Waals surface area contributed by atoms with Crippen LogP contribution in [0.5, 0.6) is 0 Å². The smallest absolute Gasteiger partial charge is 0.224 e. The van der Waals surface area contributed by atoms with Gasteiger partial charge in [0, 0.05) is 35.8 Å². The summed E-state index contributed by atoms with van der Waals surface area (Å²) in [6.45, 7) is 5.78. The molecule has 3 unspecified atom stereocenters. The minimum Gasteiger partial charge on any atom is -0.309 e. The molecule has 0 fully saturated rings. The lowest BCUT2D eigenvalue weighted by Gasteiger charge is -2.41. The van der Waals surface area contributed by atoms with Crippen LogP contribution >= 0.6 is 11.6 Å². The maximum absolute atomic E-state index is 12.1. The zero-order valence-electron chi connectivity index (χ0n) is 14.7. The Morgan fingerprint density at radius 3 is 2.80 bits per heavy atom. The molecule has 25 heavy (non-hydrogen) atoms. The van der Waals surface area contributed by atoms with E-state index in [0.29, 0.717) is 5.56 Å². The standard InChI is InChI=1S/C20H22ClN3O/c1-12-8-16(21)5-6-18(12)23-19-9-13(2)24(14(3)25)20-7-4-15(11-22)10-17(19)20/h4-8,10,12-13,18-19,23H,9H2,1-3H3/t12-,13?,18?,19?/m1/s1. The Kier molecular flexibility index (Phi) is 4.99. The summed E-state index contributed by atoms with van der Waals surface area (Å²) < 4.78 is 0. The Labute approximate surface area is 153 Å². The Balaban J connectivity index is 1.96. The van der Waals surface area contributed by atoms with Gasteiger partial charge in [0.25, 0.3) is 0 Å². The Morgan fingerprint density at radius 2 is 2.16 bits per heavy atom. The van der Waals surface area contributed by atoms with Crippen LogP contribution in [0.15, 0.2) is 41.5 Å². The molecule has 1 N–H and O–H groups in total. The van der Waals surface area contributed by atoms with Gasteiger partial charge in [-0.1, -0.05) is 30.7 Å². The van der Waals surface area contributed by atoms with E-state index in [2.05, 4.69) is 31.3 Å². The first-order valence-electron chi connectivity index (χ1n) is 8.56. The van der Waals surface area contributed by atoms with E-state index in [4.69, 9.17) is 11.6 Å².